The molecule has 5 heteroatoms. The van der Waals surface area contributed by atoms with Gasteiger partial charge in [0.2, 0.25) is 0 Å². The number of imidazole rings is 1. The van der Waals surface area contributed by atoms with Gasteiger partial charge in [-0.2, -0.15) is 0 Å². The lowest BCUT2D eigenvalue weighted by atomic mass is 10.1. The molecule has 4 nitrogen and oxygen atoms in total. The zero-order valence-corrected chi connectivity index (χ0v) is 13.1. The Labute approximate surface area is 133 Å². The van der Waals surface area contributed by atoms with Crippen molar-refractivity contribution in [1.82, 2.24) is 14.9 Å². The topological polar surface area (TPSA) is 46.9 Å². The molecule has 1 atom stereocenters. The van der Waals surface area contributed by atoms with Crippen LogP contribution in [0.4, 0.5) is 0 Å². The zero-order chi connectivity index (χ0) is 15.7. The molecule has 0 saturated carbocycles. The molecule has 2 aromatic carbocycles. The molecule has 22 heavy (non-hydrogen) atoms. The molecule has 1 N–H and O–H groups in total. The molecule has 0 aliphatic rings. The second-order valence-corrected chi connectivity index (χ2v) is 5.74. The Morgan fingerprint density at radius 1 is 1.23 bits per heavy atom. The van der Waals surface area contributed by atoms with Crippen molar-refractivity contribution in [3.05, 3.63) is 64.9 Å². The van der Waals surface area contributed by atoms with Gasteiger partial charge in [0.05, 0.1) is 23.4 Å². The summed E-state index contributed by atoms with van der Waals surface area (Å²) in [5, 5.41) is 3.67. The molecule has 0 aliphatic carbocycles. The van der Waals surface area contributed by atoms with E-state index >= 15 is 0 Å². The van der Waals surface area contributed by atoms with E-state index in [-0.39, 0.29) is 11.9 Å². The molecule has 0 bridgehead atoms. The SMILES string of the molecule is CC(NC(=O)c1ccc2c(c1)ncn2C)c1ccc(Cl)cc1. The highest BCUT2D eigenvalue weighted by Gasteiger charge is 2.12. The Kier molecular flexibility index (Phi) is 3.86. The molecular weight excluding hydrogens is 298 g/mol. The summed E-state index contributed by atoms with van der Waals surface area (Å²) in [5.41, 5.74) is 3.43. The summed E-state index contributed by atoms with van der Waals surface area (Å²) in [7, 11) is 1.93. The van der Waals surface area contributed by atoms with Crippen LogP contribution in [0.2, 0.25) is 5.02 Å². The predicted octanol–water partition coefficient (Wildman–Crippen LogP) is 3.72. The van der Waals surface area contributed by atoms with E-state index in [0.717, 1.165) is 16.6 Å². The largest absolute Gasteiger partial charge is 0.346 e. The normalized spacial score (nSPS) is 12.3. The molecule has 1 amide bonds. The van der Waals surface area contributed by atoms with E-state index in [2.05, 4.69) is 10.3 Å². The van der Waals surface area contributed by atoms with Crippen LogP contribution in [0.3, 0.4) is 0 Å². The second kappa shape index (κ2) is 5.81. The fraction of sp³-hybridized carbons (Fsp3) is 0.176. The molecule has 3 aromatic rings. The fourth-order valence-electron chi connectivity index (χ4n) is 2.39. The van der Waals surface area contributed by atoms with E-state index in [1.165, 1.54) is 0 Å². The van der Waals surface area contributed by atoms with Crippen LogP contribution in [0, 0.1) is 0 Å². The molecule has 0 fully saturated rings. The van der Waals surface area contributed by atoms with Crippen LogP contribution in [0.25, 0.3) is 11.0 Å². The average Bonchev–Trinajstić information content (AvgIpc) is 2.88. The van der Waals surface area contributed by atoms with Gasteiger partial charge in [0, 0.05) is 17.6 Å². The van der Waals surface area contributed by atoms with Crippen molar-refractivity contribution in [2.24, 2.45) is 7.05 Å². The molecule has 0 aliphatic heterocycles. The number of aromatic nitrogens is 2. The van der Waals surface area contributed by atoms with Crippen molar-refractivity contribution >= 4 is 28.5 Å². The van der Waals surface area contributed by atoms with Crippen LogP contribution in [0.15, 0.2) is 48.8 Å². The number of hydrogen-bond donors (Lipinski definition) is 1. The maximum absolute atomic E-state index is 12.4. The van der Waals surface area contributed by atoms with Gasteiger partial charge in [-0.15, -0.1) is 0 Å². The maximum Gasteiger partial charge on any atom is 0.251 e. The number of fused-ring (bicyclic) bond motifs is 1. The summed E-state index contributed by atoms with van der Waals surface area (Å²) >= 11 is 5.88. The van der Waals surface area contributed by atoms with Crippen LogP contribution < -0.4 is 5.32 Å². The molecule has 0 radical (unpaired) electrons. The Balaban J connectivity index is 1.78. The molecule has 0 saturated heterocycles. The van der Waals surface area contributed by atoms with Crippen molar-refractivity contribution in [2.45, 2.75) is 13.0 Å². The predicted molar refractivity (Wildman–Crippen MR) is 88.0 cm³/mol. The van der Waals surface area contributed by atoms with Gasteiger partial charge in [-0.1, -0.05) is 23.7 Å². The molecule has 1 heterocycles. The lowest BCUT2D eigenvalue weighted by molar-refractivity contribution is 0.0940. The van der Waals surface area contributed by atoms with Gasteiger partial charge in [0.1, 0.15) is 0 Å². The third kappa shape index (κ3) is 2.83. The Bertz CT molecular complexity index is 824. The Morgan fingerprint density at radius 3 is 2.68 bits per heavy atom. The minimum absolute atomic E-state index is 0.0933. The summed E-state index contributed by atoms with van der Waals surface area (Å²) in [6.45, 7) is 1.94. The third-order valence-electron chi connectivity index (χ3n) is 3.71. The van der Waals surface area contributed by atoms with Crippen LogP contribution in [-0.4, -0.2) is 15.5 Å². The van der Waals surface area contributed by atoms with E-state index in [1.54, 1.807) is 12.4 Å². The first-order chi connectivity index (χ1) is 10.5. The van der Waals surface area contributed by atoms with Crippen LogP contribution in [0.1, 0.15) is 28.9 Å². The zero-order valence-electron chi connectivity index (χ0n) is 12.4. The first-order valence-electron chi connectivity index (χ1n) is 7.02. The highest BCUT2D eigenvalue weighted by atomic mass is 35.5. The number of nitrogens with one attached hydrogen (secondary N) is 1. The lowest BCUT2D eigenvalue weighted by Gasteiger charge is -2.14. The van der Waals surface area contributed by atoms with Crippen molar-refractivity contribution in [3.63, 3.8) is 0 Å². The van der Waals surface area contributed by atoms with Gasteiger partial charge in [0.25, 0.3) is 5.91 Å². The van der Waals surface area contributed by atoms with Crippen LogP contribution >= 0.6 is 11.6 Å². The van der Waals surface area contributed by atoms with Crippen LogP contribution in [-0.2, 0) is 7.05 Å². The van der Waals surface area contributed by atoms with Crippen molar-refractivity contribution in [3.8, 4) is 0 Å². The summed E-state index contributed by atoms with van der Waals surface area (Å²) in [6, 6.07) is 12.9. The molecule has 0 spiro atoms. The van der Waals surface area contributed by atoms with E-state index in [1.807, 2.05) is 54.9 Å². The summed E-state index contributed by atoms with van der Waals surface area (Å²) in [5.74, 6) is -0.116. The Morgan fingerprint density at radius 2 is 1.95 bits per heavy atom. The molecular formula is C17H16ClN3O. The quantitative estimate of drug-likeness (QED) is 0.801. The summed E-state index contributed by atoms with van der Waals surface area (Å²) < 4.78 is 1.92. The van der Waals surface area contributed by atoms with Gasteiger partial charge in [-0.05, 0) is 42.8 Å². The van der Waals surface area contributed by atoms with E-state index in [4.69, 9.17) is 11.6 Å². The van der Waals surface area contributed by atoms with Gasteiger partial charge in [0.15, 0.2) is 0 Å². The summed E-state index contributed by atoms with van der Waals surface area (Å²) in [4.78, 5) is 16.7. The van der Waals surface area contributed by atoms with E-state index < -0.39 is 0 Å². The number of aryl methyl sites for hydroxylation is 1. The van der Waals surface area contributed by atoms with Gasteiger partial charge >= 0.3 is 0 Å². The number of halogens is 1. The number of amides is 1. The molecule has 1 aromatic heterocycles. The molecule has 112 valence electrons. The van der Waals surface area contributed by atoms with Crippen molar-refractivity contribution in [1.29, 1.82) is 0 Å². The highest BCUT2D eigenvalue weighted by molar-refractivity contribution is 6.30. The summed E-state index contributed by atoms with van der Waals surface area (Å²) in [6.07, 6.45) is 1.74. The number of hydrogen-bond acceptors (Lipinski definition) is 2. The second-order valence-electron chi connectivity index (χ2n) is 5.31. The molecule has 3 rings (SSSR count). The first kappa shape index (κ1) is 14.6. The standard InChI is InChI=1S/C17H16ClN3O/c1-11(12-3-6-14(18)7-4-12)20-17(22)13-5-8-16-15(9-13)19-10-21(16)2/h3-11H,1-2H3,(H,20,22). The first-order valence-corrected chi connectivity index (χ1v) is 7.40. The van der Waals surface area contributed by atoms with E-state index in [9.17, 15) is 4.79 Å². The van der Waals surface area contributed by atoms with E-state index in [0.29, 0.717) is 10.6 Å². The van der Waals surface area contributed by atoms with Crippen LogP contribution in [0.5, 0.6) is 0 Å². The van der Waals surface area contributed by atoms with Gasteiger partial charge in [-0.3, -0.25) is 4.79 Å². The number of carbonyl (C=O) groups excluding carboxylic acids is 1. The minimum Gasteiger partial charge on any atom is -0.346 e. The van der Waals surface area contributed by atoms with Gasteiger partial charge < -0.3 is 9.88 Å². The third-order valence-corrected chi connectivity index (χ3v) is 3.96. The number of benzene rings is 2. The molecule has 1 unspecified atom stereocenters. The number of carbonyl (C=O) groups is 1. The van der Waals surface area contributed by atoms with Crippen molar-refractivity contribution < 1.29 is 4.79 Å². The Hall–Kier alpha value is -2.33. The van der Waals surface area contributed by atoms with Crippen molar-refractivity contribution in [2.75, 3.05) is 0 Å². The van der Waals surface area contributed by atoms with Gasteiger partial charge in [-0.25, -0.2) is 4.98 Å². The smallest absolute Gasteiger partial charge is 0.251 e. The number of nitrogens with zero attached hydrogens (tertiary/aromatic N) is 2. The lowest BCUT2D eigenvalue weighted by Crippen LogP contribution is -2.26. The average molecular weight is 314 g/mol. The number of rotatable bonds is 3. The maximum atomic E-state index is 12.4. The monoisotopic (exact) mass is 313 g/mol. The fourth-order valence-corrected chi connectivity index (χ4v) is 2.52. The minimum atomic E-state index is -0.116. The highest BCUT2D eigenvalue weighted by Crippen LogP contribution is 2.18.